The molecule has 1 heterocycles. The lowest BCUT2D eigenvalue weighted by molar-refractivity contribution is 1.24. The molecule has 0 aromatic carbocycles. The van der Waals surface area contributed by atoms with Crippen molar-refractivity contribution in [2.24, 2.45) is 5.73 Å². The number of nitrogens with zero attached hydrogens (tertiary/aromatic N) is 1. The summed E-state index contributed by atoms with van der Waals surface area (Å²) in [4.78, 5) is 4.05. The van der Waals surface area contributed by atoms with Gasteiger partial charge < -0.3 is 5.73 Å². The molecule has 11 heavy (non-hydrogen) atoms. The Hall–Kier alpha value is -1.15. The number of pyridine rings is 1. The third-order valence-electron chi connectivity index (χ3n) is 1.34. The van der Waals surface area contributed by atoms with Crippen molar-refractivity contribution in [1.82, 2.24) is 4.98 Å². The fraction of sp³-hybridized carbons (Fsp3) is 0.222. The highest BCUT2D eigenvalue weighted by molar-refractivity contribution is 5.48. The molecular formula is C9H12N2. The van der Waals surface area contributed by atoms with Gasteiger partial charge in [0, 0.05) is 18.9 Å². The van der Waals surface area contributed by atoms with Gasteiger partial charge in [-0.3, -0.25) is 4.98 Å². The zero-order chi connectivity index (χ0) is 8.10. The van der Waals surface area contributed by atoms with Gasteiger partial charge in [0.2, 0.25) is 0 Å². The lowest BCUT2D eigenvalue weighted by Gasteiger charge is -1.93. The molecule has 0 fully saturated rings. The lowest BCUT2D eigenvalue weighted by atomic mass is 10.2. The molecule has 2 nitrogen and oxygen atoms in total. The molecule has 0 atom stereocenters. The molecule has 2 N–H and O–H groups in total. The van der Waals surface area contributed by atoms with E-state index in [1.54, 1.807) is 0 Å². The minimum Gasteiger partial charge on any atom is -0.327 e. The first-order valence-corrected chi connectivity index (χ1v) is 3.61. The van der Waals surface area contributed by atoms with E-state index in [1.165, 1.54) is 5.56 Å². The predicted molar refractivity (Wildman–Crippen MR) is 47.1 cm³/mol. The van der Waals surface area contributed by atoms with Crippen LogP contribution in [0.25, 0.3) is 6.08 Å². The van der Waals surface area contributed by atoms with Crippen LogP contribution in [0.1, 0.15) is 11.1 Å². The first-order chi connectivity index (χ1) is 5.33. The number of nitrogens with two attached hydrogens (primary N) is 1. The van der Waals surface area contributed by atoms with Crippen molar-refractivity contribution in [3.63, 3.8) is 0 Å². The molecule has 1 aromatic rings. The summed E-state index contributed by atoms with van der Waals surface area (Å²) in [5.74, 6) is 0. The molecule has 0 aliphatic heterocycles. The van der Waals surface area contributed by atoms with Gasteiger partial charge in [0.05, 0.1) is 0 Å². The van der Waals surface area contributed by atoms with Crippen LogP contribution in [-0.4, -0.2) is 11.5 Å². The maximum atomic E-state index is 5.31. The van der Waals surface area contributed by atoms with Gasteiger partial charge in [-0.25, -0.2) is 0 Å². The van der Waals surface area contributed by atoms with Gasteiger partial charge in [-0.05, 0) is 24.1 Å². The second-order valence-corrected chi connectivity index (χ2v) is 2.43. The highest BCUT2D eigenvalue weighted by Crippen LogP contribution is 2.02. The second-order valence-electron chi connectivity index (χ2n) is 2.43. The van der Waals surface area contributed by atoms with Crippen molar-refractivity contribution in [3.8, 4) is 0 Å². The van der Waals surface area contributed by atoms with Crippen molar-refractivity contribution >= 4 is 6.08 Å². The van der Waals surface area contributed by atoms with E-state index in [9.17, 15) is 0 Å². The molecule has 58 valence electrons. The first kappa shape index (κ1) is 7.95. The first-order valence-electron chi connectivity index (χ1n) is 3.61. The molecule has 2 heteroatoms. The van der Waals surface area contributed by atoms with Gasteiger partial charge in [-0.1, -0.05) is 12.2 Å². The molecule has 1 rings (SSSR count). The summed E-state index contributed by atoms with van der Waals surface area (Å²) in [5, 5.41) is 0. The van der Waals surface area contributed by atoms with E-state index < -0.39 is 0 Å². The summed E-state index contributed by atoms with van der Waals surface area (Å²) in [7, 11) is 0. The summed E-state index contributed by atoms with van der Waals surface area (Å²) in [6.07, 6.45) is 7.54. The average Bonchev–Trinajstić information content (AvgIpc) is 2.01. The van der Waals surface area contributed by atoms with Crippen molar-refractivity contribution in [2.75, 3.05) is 6.54 Å². The summed E-state index contributed by atoms with van der Waals surface area (Å²) >= 11 is 0. The number of hydrogen-bond donors (Lipinski definition) is 1. The normalized spacial score (nSPS) is 10.7. The zero-order valence-electron chi connectivity index (χ0n) is 6.62. The molecule has 0 unspecified atom stereocenters. The van der Waals surface area contributed by atoms with Crippen LogP contribution < -0.4 is 5.73 Å². The minimum atomic E-state index is 0.577. The van der Waals surface area contributed by atoms with E-state index >= 15 is 0 Å². The van der Waals surface area contributed by atoms with E-state index in [4.69, 9.17) is 5.73 Å². The number of rotatable bonds is 2. The molecule has 0 bridgehead atoms. The Balaban J connectivity index is 2.79. The smallest absolute Gasteiger partial charge is 0.0340 e. The topological polar surface area (TPSA) is 38.9 Å². The van der Waals surface area contributed by atoms with Crippen LogP contribution in [0, 0.1) is 6.92 Å². The SMILES string of the molecule is Cc1cncc(/C=C/CN)c1. The Labute approximate surface area is 66.8 Å². The third-order valence-corrected chi connectivity index (χ3v) is 1.34. The maximum Gasteiger partial charge on any atom is 0.0340 e. The quantitative estimate of drug-likeness (QED) is 0.687. The van der Waals surface area contributed by atoms with Crippen molar-refractivity contribution in [1.29, 1.82) is 0 Å². The molecule has 0 saturated heterocycles. The average molecular weight is 148 g/mol. The van der Waals surface area contributed by atoms with E-state index in [2.05, 4.69) is 11.1 Å². The third kappa shape index (κ3) is 2.51. The van der Waals surface area contributed by atoms with Crippen molar-refractivity contribution in [2.45, 2.75) is 6.92 Å². The van der Waals surface area contributed by atoms with Gasteiger partial charge in [0.15, 0.2) is 0 Å². The highest BCUT2D eigenvalue weighted by atomic mass is 14.6. The molecule has 0 amide bonds. The van der Waals surface area contributed by atoms with Gasteiger partial charge in [0.1, 0.15) is 0 Å². The Morgan fingerprint density at radius 3 is 3.00 bits per heavy atom. The van der Waals surface area contributed by atoms with Crippen LogP contribution in [0.5, 0.6) is 0 Å². The Bertz CT molecular complexity index is 253. The fourth-order valence-corrected chi connectivity index (χ4v) is 0.874. The molecule has 1 aromatic heterocycles. The molecule has 0 spiro atoms. The Morgan fingerprint density at radius 1 is 1.55 bits per heavy atom. The molecular weight excluding hydrogens is 136 g/mol. The van der Waals surface area contributed by atoms with Crippen molar-refractivity contribution < 1.29 is 0 Å². The van der Waals surface area contributed by atoms with Crippen molar-refractivity contribution in [3.05, 3.63) is 35.7 Å². The fourth-order valence-electron chi connectivity index (χ4n) is 0.874. The van der Waals surface area contributed by atoms with Crippen LogP contribution in [-0.2, 0) is 0 Å². The summed E-state index contributed by atoms with van der Waals surface area (Å²) in [5.41, 5.74) is 7.58. The van der Waals surface area contributed by atoms with Crippen LogP contribution in [0.2, 0.25) is 0 Å². The van der Waals surface area contributed by atoms with Gasteiger partial charge in [-0.15, -0.1) is 0 Å². The molecule has 0 aliphatic rings. The zero-order valence-corrected chi connectivity index (χ0v) is 6.62. The van der Waals surface area contributed by atoms with Crippen LogP contribution >= 0.6 is 0 Å². The Kier molecular flexibility index (Phi) is 2.81. The van der Waals surface area contributed by atoms with E-state index in [-0.39, 0.29) is 0 Å². The van der Waals surface area contributed by atoms with Gasteiger partial charge in [-0.2, -0.15) is 0 Å². The largest absolute Gasteiger partial charge is 0.327 e. The monoisotopic (exact) mass is 148 g/mol. The van der Waals surface area contributed by atoms with Crippen LogP contribution in [0.3, 0.4) is 0 Å². The van der Waals surface area contributed by atoms with Crippen LogP contribution in [0.4, 0.5) is 0 Å². The molecule has 0 aliphatic carbocycles. The molecule has 0 saturated carbocycles. The predicted octanol–water partition coefficient (Wildman–Crippen LogP) is 1.36. The standard InChI is InChI=1S/C9H12N2/c1-8-5-9(3-2-4-10)7-11-6-8/h2-3,5-7H,4,10H2,1H3/b3-2+. The number of aryl methyl sites for hydroxylation is 1. The van der Waals surface area contributed by atoms with E-state index in [0.29, 0.717) is 6.54 Å². The van der Waals surface area contributed by atoms with Gasteiger partial charge >= 0.3 is 0 Å². The minimum absolute atomic E-state index is 0.577. The highest BCUT2D eigenvalue weighted by Gasteiger charge is 1.86. The number of hydrogen-bond acceptors (Lipinski definition) is 2. The second kappa shape index (κ2) is 3.88. The van der Waals surface area contributed by atoms with Gasteiger partial charge in [0.25, 0.3) is 0 Å². The summed E-state index contributed by atoms with van der Waals surface area (Å²) in [6.45, 7) is 2.60. The Morgan fingerprint density at radius 2 is 2.36 bits per heavy atom. The van der Waals surface area contributed by atoms with E-state index in [1.807, 2.05) is 31.5 Å². The summed E-state index contributed by atoms with van der Waals surface area (Å²) in [6, 6.07) is 2.07. The summed E-state index contributed by atoms with van der Waals surface area (Å²) < 4.78 is 0. The lowest BCUT2D eigenvalue weighted by Crippen LogP contribution is -1.92. The number of aromatic nitrogens is 1. The van der Waals surface area contributed by atoms with E-state index in [0.717, 1.165) is 5.56 Å². The molecule has 0 radical (unpaired) electrons. The van der Waals surface area contributed by atoms with Crippen LogP contribution in [0.15, 0.2) is 24.5 Å². The maximum absolute atomic E-state index is 5.31.